The summed E-state index contributed by atoms with van der Waals surface area (Å²) < 4.78 is 0. The van der Waals surface area contributed by atoms with Gasteiger partial charge in [0.05, 0.1) is 0 Å². The van der Waals surface area contributed by atoms with Gasteiger partial charge in [0.15, 0.2) is 0 Å². The summed E-state index contributed by atoms with van der Waals surface area (Å²) in [7, 11) is 1.93. The van der Waals surface area contributed by atoms with Crippen LogP contribution in [0, 0.1) is 5.92 Å². The van der Waals surface area contributed by atoms with Gasteiger partial charge < -0.3 is 5.11 Å². The number of likely N-dealkylation sites (N-methyl/N-ethyl adjacent to an activating group) is 1. The predicted molar refractivity (Wildman–Crippen MR) is 71.4 cm³/mol. The normalized spacial score (nSPS) is 18.6. The molecule has 3 nitrogen and oxygen atoms in total. The molecule has 3 heteroatoms. The Bertz CT molecular complexity index is 414. The minimum atomic E-state index is -0.885. The van der Waals surface area contributed by atoms with Crippen molar-refractivity contribution in [3.05, 3.63) is 35.9 Å². The van der Waals surface area contributed by atoms with E-state index in [2.05, 4.69) is 0 Å². The molecular weight excluding hydrogens is 226 g/mol. The van der Waals surface area contributed by atoms with Gasteiger partial charge in [0.25, 0.3) is 0 Å². The molecule has 1 saturated carbocycles. The number of aliphatic carboxylic acids is 1. The van der Waals surface area contributed by atoms with E-state index in [1.807, 2.05) is 49.2 Å². The number of carboxylic acid groups (broad SMARTS) is 1. The van der Waals surface area contributed by atoms with E-state index < -0.39 is 11.5 Å². The van der Waals surface area contributed by atoms with Crippen molar-refractivity contribution in [2.45, 2.75) is 31.7 Å². The molecular formula is C15H21NO2. The summed E-state index contributed by atoms with van der Waals surface area (Å²) in [6, 6.07) is 9.58. The molecule has 0 heterocycles. The molecule has 0 saturated heterocycles. The van der Waals surface area contributed by atoms with E-state index in [9.17, 15) is 9.90 Å². The Morgan fingerprint density at radius 3 is 2.44 bits per heavy atom. The van der Waals surface area contributed by atoms with Crippen molar-refractivity contribution in [3.63, 3.8) is 0 Å². The second-order valence-corrected chi connectivity index (χ2v) is 5.21. The number of benzene rings is 1. The van der Waals surface area contributed by atoms with Crippen molar-refractivity contribution in [1.82, 2.24) is 4.90 Å². The van der Waals surface area contributed by atoms with Crippen LogP contribution in [0.1, 0.15) is 31.7 Å². The lowest BCUT2D eigenvalue weighted by Gasteiger charge is -2.38. The van der Waals surface area contributed by atoms with E-state index in [4.69, 9.17) is 0 Å². The Kier molecular flexibility index (Phi) is 3.71. The number of carbonyl (C=O) groups is 1. The van der Waals surface area contributed by atoms with Gasteiger partial charge >= 0.3 is 5.97 Å². The average molecular weight is 247 g/mol. The van der Waals surface area contributed by atoms with E-state index in [0.717, 1.165) is 12.1 Å². The molecule has 0 aromatic heterocycles. The summed E-state index contributed by atoms with van der Waals surface area (Å²) >= 11 is 0. The topological polar surface area (TPSA) is 40.5 Å². The monoisotopic (exact) mass is 247 g/mol. The van der Waals surface area contributed by atoms with E-state index >= 15 is 0 Å². The first-order valence-corrected chi connectivity index (χ1v) is 6.61. The molecule has 18 heavy (non-hydrogen) atoms. The molecule has 1 atom stereocenters. The molecule has 0 aliphatic heterocycles. The van der Waals surface area contributed by atoms with Gasteiger partial charge in [-0.2, -0.15) is 0 Å². The fourth-order valence-corrected chi connectivity index (χ4v) is 2.69. The Balaban J connectivity index is 2.35. The first-order valence-electron chi connectivity index (χ1n) is 6.61. The second-order valence-electron chi connectivity index (χ2n) is 5.21. The van der Waals surface area contributed by atoms with Gasteiger partial charge in [-0.05, 0) is 37.8 Å². The summed E-state index contributed by atoms with van der Waals surface area (Å²) in [5.41, 5.74) is -0.00715. The smallest absolute Gasteiger partial charge is 0.328 e. The van der Waals surface area contributed by atoms with Crippen LogP contribution in [0.15, 0.2) is 30.3 Å². The van der Waals surface area contributed by atoms with Gasteiger partial charge in [-0.25, -0.2) is 4.79 Å². The van der Waals surface area contributed by atoms with E-state index in [1.54, 1.807) is 0 Å². The molecule has 0 radical (unpaired) electrons. The molecule has 1 N–H and O–H groups in total. The third-order valence-electron chi connectivity index (χ3n) is 4.00. The Hall–Kier alpha value is -1.35. The van der Waals surface area contributed by atoms with Crippen molar-refractivity contribution in [3.8, 4) is 0 Å². The van der Waals surface area contributed by atoms with Gasteiger partial charge in [0.1, 0.15) is 5.54 Å². The number of hydrogen-bond acceptors (Lipinski definition) is 2. The molecule has 2 rings (SSSR count). The highest BCUT2D eigenvalue weighted by molar-refractivity contribution is 5.80. The van der Waals surface area contributed by atoms with Crippen LogP contribution in [0.25, 0.3) is 0 Å². The van der Waals surface area contributed by atoms with Crippen LogP contribution in [0.4, 0.5) is 0 Å². The maximum absolute atomic E-state index is 11.9. The van der Waals surface area contributed by atoms with Crippen LogP contribution in [-0.4, -0.2) is 29.6 Å². The molecule has 1 aliphatic rings. The highest BCUT2D eigenvalue weighted by Gasteiger charge is 2.44. The summed E-state index contributed by atoms with van der Waals surface area (Å²) in [4.78, 5) is 13.9. The summed E-state index contributed by atoms with van der Waals surface area (Å²) in [6.07, 6.45) is 3.05. The largest absolute Gasteiger partial charge is 0.480 e. The zero-order valence-electron chi connectivity index (χ0n) is 11.1. The zero-order valence-corrected chi connectivity index (χ0v) is 11.1. The van der Waals surface area contributed by atoms with Gasteiger partial charge in [-0.15, -0.1) is 0 Å². The lowest BCUT2D eigenvalue weighted by molar-refractivity contribution is -0.152. The quantitative estimate of drug-likeness (QED) is 0.840. The molecule has 0 amide bonds. The van der Waals surface area contributed by atoms with E-state index in [-0.39, 0.29) is 0 Å². The SMILES string of the molecule is CCC(C(=O)O)(c1ccccc1)N(C)CC1CC1. The fraction of sp³-hybridized carbons (Fsp3) is 0.533. The minimum absolute atomic E-state index is 0.579. The first-order chi connectivity index (χ1) is 8.61. The average Bonchev–Trinajstić information content (AvgIpc) is 3.15. The van der Waals surface area contributed by atoms with Crippen LogP contribution in [0.2, 0.25) is 0 Å². The van der Waals surface area contributed by atoms with Gasteiger partial charge in [-0.3, -0.25) is 4.90 Å². The first kappa shape index (κ1) is 13.1. The Morgan fingerprint density at radius 2 is 2.00 bits per heavy atom. The molecule has 1 aromatic carbocycles. The zero-order chi connectivity index (χ0) is 13.2. The van der Waals surface area contributed by atoms with Crippen LogP contribution in [-0.2, 0) is 10.3 Å². The molecule has 98 valence electrons. The summed E-state index contributed by atoms with van der Waals surface area (Å²) in [5.74, 6) is -0.0664. The maximum Gasteiger partial charge on any atom is 0.328 e. The third kappa shape index (κ3) is 2.27. The summed E-state index contributed by atoms with van der Waals surface area (Å²) in [5, 5.41) is 9.74. The van der Waals surface area contributed by atoms with E-state index in [1.165, 1.54) is 12.8 Å². The molecule has 1 aromatic rings. The van der Waals surface area contributed by atoms with Gasteiger partial charge in [0, 0.05) is 6.54 Å². The molecule has 0 bridgehead atoms. The highest BCUT2D eigenvalue weighted by atomic mass is 16.4. The van der Waals surface area contributed by atoms with Crippen LogP contribution in [0.3, 0.4) is 0 Å². The third-order valence-corrected chi connectivity index (χ3v) is 4.00. The van der Waals surface area contributed by atoms with Gasteiger partial charge in [0.2, 0.25) is 0 Å². The molecule has 1 aliphatic carbocycles. The predicted octanol–water partition coefficient (Wildman–Crippen LogP) is 2.72. The van der Waals surface area contributed by atoms with Crippen molar-refractivity contribution in [2.24, 2.45) is 5.92 Å². The van der Waals surface area contributed by atoms with Crippen molar-refractivity contribution < 1.29 is 9.90 Å². The highest BCUT2D eigenvalue weighted by Crippen LogP contribution is 2.36. The number of nitrogens with zero attached hydrogens (tertiary/aromatic N) is 1. The van der Waals surface area contributed by atoms with Crippen LogP contribution >= 0.6 is 0 Å². The summed E-state index contributed by atoms with van der Waals surface area (Å²) in [6.45, 7) is 2.82. The van der Waals surface area contributed by atoms with E-state index in [0.29, 0.717) is 12.3 Å². The number of carboxylic acids is 1. The van der Waals surface area contributed by atoms with Crippen LogP contribution < -0.4 is 0 Å². The number of rotatable bonds is 6. The minimum Gasteiger partial charge on any atom is -0.480 e. The number of hydrogen-bond donors (Lipinski definition) is 1. The second kappa shape index (κ2) is 5.11. The lowest BCUT2D eigenvalue weighted by atomic mass is 9.85. The van der Waals surface area contributed by atoms with Crippen molar-refractivity contribution >= 4 is 5.97 Å². The standard InChI is InChI=1S/C15H21NO2/c1-3-15(14(17)18,13-7-5-4-6-8-13)16(2)11-12-9-10-12/h4-8,12H,3,9-11H2,1-2H3,(H,17,18). The Labute approximate surface area is 108 Å². The molecule has 1 fully saturated rings. The van der Waals surface area contributed by atoms with Crippen LogP contribution in [0.5, 0.6) is 0 Å². The maximum atomic E-state index is 11.9. The van der Waals surface area contributed by atoms with Gasteiger partial charge in [-0.1, -0.05) is 37.3 Å². The molecule has 1 unspecified atom stereocenters. The lowest BCUT2D eigenvalue weighted by Crippen LogP contribution is -2.50. The Morgan fingerprint density at radius 1 is 1.39 bits per heavy atom. The molecule has 0 spiro atoms. The van der Waals surface area contributed by atoms with Crippen molar-refractivity contribution in [1.29, 1.82) is 0 Å². The fourth-order valence-electron chi connectivity index (χ4n) is 2.69. The van der Waals surface area contributed by atoms with Crippen molar-refractivity contribution in [2.75, 3.05) is 13.6 Å².